The fourth-order valence-corrected chi connectivity index (χ4v) is 4.87. The van der Waals surface area contributed by atoms with E-state index in [0.29, 0.717) is 25.4 Å². The molecule has 176 valence electrons. The lowest BCUT2D eigenvalue weighted by Gasteiger charge is -2.30. The van der Waals surface area contributed by atoms with E-state index in [1.165, 1.54) is 18.4 Å². The molecule has 0 heterocycles. The van der Waals surface area contributed by atoms with Crippen LogP contribution in [0.3, 0.4) is 0 Å². The van der Waals surface area contributed by atoms with Crippen molar-refractivity contribution < 1.29 is 19.7 Å². The Balaban J connectivity index is 2.49. The molecule has 0 aliphatic heterocycles. The summed E-state index contributed by atoms with van der Waals surface area (Å²) in [6.45, 7) is 8.86. The van der Waals surface area contributed by atoms with E-state index in [4.69, 9.17) is 4.74 Å². The molecule has 30 heavy (non-hydrogen) atoms. The molecule has 0 aromatic rings. The third-order valence-corrected chi connectivity index (χ3v) is 6.40. The van der Waals surface area contributed by atoms with E-state index in [9.17, 15) is 15.0 Å². The molecule has 0 aromatic heterocycles. The molecule has 1 saturated carbocycles. The number of aliphatic hydroxyl groups excluding tert-OH is 1. The normalized spacial score (nSPS) is 22.6. The number of carbonyl (C=O) groups is 1. The maximum atomic E-state index is 11.4. The molecule has 0 bridgehead atoms. The maximum absolute atomic E-state index is 11.4. The summed E-state index contributed by atoms with van der Waals surface area (Å²) in [6.07, 6.45) is 15.3. The number of aliphatic hydroxyl groups is 2. The minimum absolute atomic E-state index is 0.0956. The summed E-state index contributed by atoms with van der Waals surface area (Å²) in [5.74, 6) is 0.630. The average Bonchev–Trinajstić information content (AvgIpc) is 3.02. The van der Waals surface area contributed by atoms with Crippen LogP contribution in [-0.4, -0.2) is 34.5 Å². The zero-order chi connectivity index (χ0) is 22.4. The van der Waals surface area contributed by atoms with Crippen LogP contribution >= 0.6 is 0 Å². The molecule has 4 nitrogen and oxygen atoms in total. The second-order valence-electron chi connectivity index (χ2n) is 9.73. The van der Waals surface area contributed by atoms with Gasteiger partial charge in [-0.3, -0.25) is 4.79 Å². The zero-order valence-electron chi connectivity index (χ0n) is 20.1. The van der Waals surface area contributed by atoms with Crippen LogP contribution in [-0.2, 0) is 9.53 Å². The predicted molar refractivity (Wildman–Crippen MR) is 124 cm³/mol. The van der Waals surface area contributed by atoms with Crippen molar-refractivity contribution in [1.29, 1.82) is 0 Å². The molecule has 2 N–H and O–H groups in total. The first kappa shape index (κ1) is 27.2. The van der Waals surface area contributed by atoms with Crippen LogP contribution in [0.2, 0.25) is 0 Å². The highest BCUT2D eigenvalue weighted by molar-refractivity contribution is 5.69. The van der Waals surface area contributed by atoms with Gasteiger partial charge in [-0.05, 0) is 57.8 Å². The zero-order valence-corrected chi connectivity index (χ0v) is 20.1. The van der Waals surface area contributed by atoms with Crippen LogP contribution in [0.25, 0.3) is 0 Å². The molecule has 0 amide bonds. The first-order valence-corrected chi connectivity index (χ1v) is 12.6. The van der Waals surface area contributed by atoms with Crippen molar-refractivity contribution in [2.24, 2.45) is 11.8 Å². The first-order chi connectivity index (χ1) is 14.3. The molecule has 4 heteroatoms. The summed E-state index contributed by atoms with van der Waals surface area (Å²) in [5, 5.41) is 21.7. The van der Waals surface area contributed by atoms with Crippen molar-refractivity contribution in [3.05, 3.63) is 11.6 Å². The van der Waals surface area contributed by atoms with Crippen LogP contribution in [0, 0.1) is 11.8 Å². The molecule has 0 aromatic carbocycles. The van der Waals surface area contributed by atoms with Crippen molar-refractivity contribution in [2.75, 3.05) is 6.61 Å². The smallest absolute Gasteiger partial charge is 0.305 e. The molecule has 0 saturated heterocycles. The SMILES string of the molecule is CCCCCC(O)(CC=C1CC[C@H](O)[C@@H]1CCCCCCC(=O)OCC)CC(C)C. The standard InChI is InChI=1S/C26H48O4/c1-5-7-12-18-26(29,20-21(3)4)19-17-22-15-16-24(27)23(22)13-10-8-9-11-14-25(28)30-6-2/h17,21,23-24,27,29H,5-16,18-20H2,1-4H3/t23-,24+,26?/m1/s1. The highest BCUT2D eigenvalue weighted by Gasteiger charge is 2.31. The van der Waals surface area contributed by atoms with Crippen molar-refractivity contribution in [3.8, 4) is 0 Å². The minimum Gasteiger partial charge on any atom is -0.466 e. The number of unbranched alkanes of at least 4 members (excludes halogenated alkanes) is 5. The Morgan fingerprint density at radius 2 is 1.90 bits per heavy atom. The summed E-state index contributed by atoms with van der Waals surface area (Å²) in [6, 6.07) is 0. The molecular weight excluding hydrogens is 376 g/mol. The van der Waals surface area contributed by atoms with Gasteiger partial charge in [0, 0.05) is 12.3 Å². The van der Waals surface area contributed by atoms with E-state index in [1.807, 2.05) is 6.92 Å². The molecule has 0 radical (unpaired) electrons. The van der Waals surface area contributed by atoms with E-state index in [-0.39, 0.29) is 18.0 Å². The maximum Gasteiger partial charge on any atom is 0.305 e. The van der Waals surface area contributed by atoms with Gasteiger partial charge in [-0.25, -0.2) is 0 Å². The summed E-state index contributed by atoms with van der Waals surface area (Å²) in [5.41, 5.74) is 0.744. The lowest BCUT2D eigenvalue weighted by molar-refractivity contribution is -0.143. The van der Waals surface area contributed by atoms with E-state index in [2.05, 4.69) is 26.8 Å². The Hall–Kier alpha value is -0.870. The highest BCUT2D eigenvalue weighted by Crippen LogP contribution is 2.37. The van der Waals surface area contributed by atoms with E-state index >= 15 is 0 Å². The summed E-state index contributed by atoms with van der Waals surface area (Å²) in [4.78, 5) is 11.4. The average molecular weight is 425 g/mol. The lowest BCUT2D eigenvalue weighted by atomic mass is 9.83. The largest absolute Gasteiger partial charge is 0.466 e. The Kier molecular flexibility index (Phi) is 13.6. The Bertz CT molecular complexity index is 499. The van der Waals surface area contributed by atoms with E-state index in [1.54, 1.807) is 0 Å². The fourth-order valence-electron chi connectivity index (χ4n) is 4.87. The molecule has 1 rings (SSSR count). The van der Waals surface area contributed by atoms with Crippen LogP contribution in [0.4, 0.5) is 0 Å². The molecule has 1 aliphatic carbocycles. The Labute approximate surface area is 185 Å². The Morgan fingerprint density at radius 1 is 1.17 bits per heavy atom. The second-order valence-corrected chi connectivity index (χ2v) is 9.73. The fraction of sp³-hybridized carbons (Fsp3) is 0.885. The van der Waals surface area contributed by atoms with Gasteiger partial charge < -0.3 is 14.9 Å². The van der Waals surface area contributed by atoms with Crippen molar-refractivity contribution in [3.63, 3.8) is 0 Å². The number of ether oxygens (including phenoxy) is 1. The molecule has 1 unspecified atom stereocenters. The summed E-state index contributed by atoms with van der Waals surface area (Å²) < 4.78 is 4.97. The van der Waals surface area contributed by atoms with Crippen molar-refractivity contribution >= 4 is 5.97 Å². The van der Waals surface area contributed by atoms with Gasteiger partial charge in [-0.2, -0.15) is 0 Å². The van der Waals surface area contributed by atoms with Gasteiger partial charge in [-0.1, -0.05) is 70.9 Å². The molecule has 1 aliphatic rings. The summed E-state index contributed by atoms with van der Waals surface area (Å²) in [7, 11) is 0. The lowest BCUT2D eigenvalue weighted by Crippen LogP contribution is -2.30. The number of hydrogen-bond acceptors (Lipinski definition) is 4. The number of rotatable bonds is 16. The molecule has 0 spiro atoms. The van der Waals surface area contributed by atoms with Crippen molar-refractivity contribution in [2.45, 2.75) is 129 Å². The van der Waals surface area contributed by atoms with Gasteiger partial charge in [-0.15, -0.1) is 0 Å². The van der Waals surface area contributed by atoms with Gasteiger partial charge in [0.05, 0.1) is 18.3 Å². The minimum atomic E-state index is -0.610. The number of esters is 1. The second kappa shape index (κ2) is 15.0. The molecular formula is C26H48O4. The Morgan fingerprint density at radius 3 is 2.57 bits per heavy atom. The summed E-state index contributed by atoms with van der Waals surface area (Å²) >= 11 is 0. The van der Waals surface area contributed by atoms with Crippen LogP contribution in [0.1, 0.15) is 118 Å². The van der Waals surface area contributed by atoms with Crippen molar-refractivity contribution in [1.82, 2.24) is 0 Å². The van der Waals surface area contributed by atoms with Gasteiger partial charge in [0.2, 0.25) is 0 Å². The van der Waals surface area contributed by atoms with E-state index < -0.39 is 5.60 Å². The molecule has 1 fully saturated rings. The number of hydrogen-bond donors (Lipinski definition) is 2. The van der Waals surface area contributed by atoms with E-state index in [0.717, 1.165) is 64.2 Å². The quantitative estimate of drug-likeness (QED) is 0.172. The van der Waals surface area contributed by atoms with Gasteiger partial charge >= 0.3 is 5.97 Å². The third-order valence-electron chi connectivity index (χ3n) is 6.40. The van der Waals surface area contributed by atoms with Crippen LogP contribution in [0.5, 0.6) is 0 Å². The van der Waals surface area contributed by atoms with Crippen LogP contribution < -0.4 is 0 Å². The monoisotopic (exact) mass is 424 g/mol. The number of carbonyl (C=O) groups excluding carboxylic acids is 1. The van der Waals surface area contributed by atoms with Gasteiger partial charge in [0.25, 0.3) is 0 Å². The third kappa shape index (κ3) is 10.9. The predicted octanol–water partition coefficient (Wildman–Crippen LogP) is 6.34. The molecule has 3 atom stereocenters. The first-order valence-electron chi connectivity index (χ1n) is 12.6. The van der Waals surface area contributed by atoms with Crippen LogP contribution in [0.15, 0.2) is 11.6 Å². The topological polar surface area (TPSA) is 66.8 Å². The van der Waals surface area contributed by atoms with Gasteiger partial charge in [0.15, 0.2) is 0 Å². The van der Waals surface area contributed by atoms with Gasteiger partial charge in [0.1, 0.15) is 0 Å². The highest BCUT2D eigenvalue weighted by atomic mass is 16.5.